The number of hydrogen-bond acceptors (Lipinski definition) is 9. The molecule has 6 rings (SSSR count). The summed E-state index contributed by atoms with van der Waals surface area (Å²) in [5.41, 5.74) is 12.0. The zero-order chi connectivity index (χ0) is 35.6. The van der Waals surface area contributed by atoms with Gasteiger partial charge in [0.1, 0.15) is 11.8 Å². The van der Waals surface area contributed by atoms with E-state index < -0.39 is 18.2 Å². The standard InChI is InChI=1S/C39H54N4O6/c1-22-23(2)25(4)33(49-36(44)27(41(6)7)13-11-12-19-40)32(24(22)3)43(9)37(45)47-29-16-17-38(5)30-21-26-14-15-28(46-10)34-31(26)39(38,35(29)48-34)18-20-42(30)8/h14-16,27,30,35H,11-13,17-21,40H2,1-10H3/t27-,30+,35-,38-,39-/m0/s1. The Balaban J connectivity index is 1.35. The third kappa shape index (κ3) is 5.24. The second-order valence-electron chi connectivity index (χ2n) is 15.1. The molecule has 4 aliphatic rings. The molecule has 5 atom stereocenters. The van der Waals surface area contributed by atoms with Gasteiger partial charge in [-0.2, -0.15) is 0 Å². The first-order chi connectivity index (χ1) is 23.2. The van der Waals surface area contributed by atoms with Gasteiger partial charge in [0.25, 0.3) is 0 Å². The molecule has 10 nitrogen and oxygen atoms in total. The molecule has 2 aliphatic carbocycles. The number of nitrogens with zero attached hydrogens (tertiary/aromatic N) is 3. The Morgan fingerprint density at radius 2 is 1.78 bits per heavy atom. The molecule has 49 heavy (non-hydrogen) atoms. The van der Waals surface area contributed by atoms with E-state index in [1.807, 2.05) is 52.8 Å². The molecule has 10 heteroatoms. The van der Waals surface area contributed by atoms with Crippen LogP contribution in [-0.4, -0.2) is 88.4 Å². The number of amides is 1. The molecule has 1 saturated heterocycles. The van der Waals surface area contributed by atoms with Crippen LogP contribution >= 0.6 is 0 Å². The maximum atomic E-state index is 14.3. The van der Waals surface area contributed by atoms with Crippen LogP contribution in [0, 0.1) is 33.1 Å². The van der Waals surface area contributed by atoms with E-state index in [4.69, 9.17) is 24.7 Å². The SMILES string of the molecule is COc1ccc2c3c1O[C@H]1C(OC(=O)N(C)c4c(C)c(C)c(C)c(C)c4OC(=O)[C@H](CCCCN)N(C)C)=CC[C@@]4(C)[C@@H](C2)N(C)CC[C@]314. The van der Waals surface area contributed by atoms with Crippen molar-refractivity contribution in [2.24, 2.45) is 11.1 Å². The zero-order valence-corrected chi connectivity index (χ0v) is 31.0. The Labute approximate surface area is 291 Å². The van der Waals surface area contributed by atoms with Crippen molar-refractivity contribution < 1.29 is 28.5 Å². The fourth-order valence-electron chi connectivity index (χ4n) is 9.32. The molecule has 1 amide bonds. The summed E-state index contributed by atoms with van der Waals surface area (Å²) >= 11 is 0. The summed E-state index contributed by atoms with van der Waals surface area (Å²) in [6.45, 7) is 11.8. The third-order valence-electron chi connectivity index (χ3n) is 12.5. The first kappa shape index (κ1) is 35.2. The molecular formula is C39H54N4O6. The predicted molar refractivity (Wildman–Crippen MR) is 191 cm³/mol. The molecule has 0 unspecified atom stereocenters. The lowest BCUT2D eigenvalue weighted by molar-refractivity contribution is -0.139. The van der Waals surface area contributed by atoms with E-state index in [1.54, 1.807) is 14.2 Å². The van der Waals surface area contributed by atoms with Gasteiger partial charge in [-0.3, -0.25) is 9.80 Å². The van der Waals surface area contributed by atoms with Crippen LogP contribution in [0.15, 0.2) is 24.0 Å². The van der Waals surface area contributed by atoms with Crippen molar-refractivity contribution in [1.82, 2.24) is 9.80 Å². The number of carbonyl (C=O) groups is 2. The molecule has 1 fully saturated rings. The van der Waals surface area contributed by atoms with Crippen LogP contribution in [0.4, 0.5) is 10.5 Å². The number of likely N-dealkylation sites (tertiary alicyclic amines) is 1. The van der Waals surface area contributed by atoms with E-state index in [2.05, 4.69) is 31.0 Å². The smallest absolute Gasteiger partial charge is 0.419 e. The summed E-state index contributed by atoms with van der Waals surface area (Å²) < 4.78 is 25.3. The van der Waals surface area contributed by atoms with E-state index in [1.165, 1.54) is 16.0 Å². The van der Waals surface area contributed by atoms with Crippen molar-refractivity contribution in [1.29, 1.82) is 0 Å². The Kier molecular flexibility index (Phi) is 9.30. The highest BCUT2D eigenvalue weighted by atomic mass is 16.6. The molecule has 2 aliphatic heterocycles. The Hall–Kier alpha value is -3.60. The summed E-state index contributed by atoms with van der Waals surface area (Å²) in [6, 6.07) is 4.06. The number of ether oxygens (including phenoxy) is 4. The molecule has 2 heterocycles. The van der Waals surface area contributed by atoms with Crippen molar-refractivity contribution in [3.8, 4) is 17.2 Å². The molecular weight excluding hydrogens is 620 g/mol. The van der Waals surface area contributed by atoms with Crippen LogP contribution < -0.4 is 24.8 Å². The second kappa shape index (κ2) is 12.9. The summed E-state index contributed by atoms with van der Waals surface area (Å²) in [5.74, 6) is 2.02. The van der Waals surface area contributed by atoms with Gasteiger partial charge in [0.15, 0.2) is 23.4 Å². The number of nitrogens with two attached hydrogens (primary N) is 1. The Morgan fingerprint density at radius 1 is 1.06 bits per heavy atom. The van der Waals surface area contributed by atoms with Gasteiger partial charge < -0.3 is 29.6 Å². The van der Waals surface area contributed by atoms with Crippen molar-refractivity contribution in [3.63, 3.8) is 0 Å². The van der Waals surface area contributed by atoms with Crippen molar-refractivity contribution >= 4 is 17.7 Å². The number of benzene rings is 2. The number of allylic oxidation sites excluding steroid dienone is 1. The third-order valence-corrected chi connectivity index (χ3v) is 12.5. The number of likely N-dealkylation sites (N-methyl/N-ethyl adjacent to an activating group) is 2. The number of rotatable bonds is 10. The van der Waals surface area contributed by atoms with E-state index in [-0.39, 0.29) is 16.8 Å². The molecule has 2 aromatic rings. The first-order valence-corrected chi connectivity index (χ1v) is 17.6. The minimum atomic E-state index is -0.562. The number of piperidine rings is 1. The Bertz CT molecular complexity index is 1700. The van der Waals surface area contributed by atoms with Crippen molar-refractivity contribution in [2.45, 2.75) is 96.7 Å². The van der Waals surface area contributed by atoms with Gasteiger partial charge in [-0.05, 0) is 134 Å². The van der Waals surface area contributed by atoms with Crippen LogP contribution in [0.3, 0.4) is 0 Å². The molecule has 0 radical (unpaired) electrons. The molecule has 2 N–H and O–H groups in total. The summed E-state index contributed by atoms with van der Waals surface area (Å²) in [4.78, 5) is 33.8. The van der Waals surface area contributed by atoms with Crippen LogP contribution in [0.5, 0.6) is 17.2 Å². The highest BCUT2D eigenvalue weighted by molar-refractivity contribution is 5.93. The molecule has 2 bridgehead atoms. The largest absolute Gasteiger partial charge is 0.493 e. The first-order valence-electron chi connectivity index (χ1n) is 17.6. The lowest BCUT2D eigenvalue weighted by Gasteiger charge is -2.63. The number of esters is 1. The molecule has 1 spiro atoms. The van der Waals surface area contributed by atoms with E-state index in [9.17, 15) is 9.59 Å². The minimum absolute atomic E-state index is 0.118. The molecule has 2 aromatic carbocycles. The van der Waals surface area contributed by atoms with Gasteiger partial charge in [-0.1, -0.05) is 19.4 Å². The fourth-order valence-corrected chi connectivity index (χ4v) is 9.32. The lowest BCUT2D eigenvalue weighted by atomic mass is 9.45. The van der Waals surface area contributed by atoms with Gasteiger partial charge in [-0.25, -0.2) is 9.59 Å². The normalized spacial score (nSPS) is 25.7. The predicted octanol–water partition coefficient (Wildman–Crippen LogP) is 5.72. The van der Waals surface area contributed by atoms with Crippen LogP contribution in [-0.2, 0) is 21.4 Å². The molecule has 0 aromatic heterocycles. The van der Waals surface area contributed by atoms with Crippen LogP contribution in [0.25, 0.3) is 0 Å². The van der Waals surface area contributed by atoms with Gasteiger partial charge in [-0.15, -0.1) is 0 Å². The topological polar surface area (TPSA) is 107 Å². The van der Waals surface area contributed by atoms with Gasteiger partial charge >= 0.3 is 12.1 Å². The minimum Gasteiger partial charge on any atom is -0.493 e. The quantitative estimate of drug-likeness (QED) is 0.193. The average Bonchev–Trinajstić information content (AvgIpc) is 3.43. The fraction of sp³-hybridized carbons (Fsp3) is 0.590. The number of unbranched alkanes of at least 4 members (excludes halogenated alkanes) is 1. The number of hydrogen-bond donors (Lipinski definition) is 1. The summed E-state index contributed by atoms with van der Waals surface area (Å²) in [7, 11) is 9.33. The van der Waals surface area contributed by atoms with E-state index in [0.717, 1.165) is 66.7 Å². The lowest BCUT2D eigenvalue weighted by Crippen LogP contribution is -2.69. The van der Waals surface area contributed by atoms with E-state index in [0.29, 0.717) is 42.0 Å². The molecule has 266 valence electrons. The maximum Gasteiger partial charge on any atom is 0.419 e. The van der Waals surface area contributed by atoms with Gasteiger partial charge in [0.2, 0.25) is 0 Å². The zero-order valence-electron chi connectivity index (χ0n) is 31.0. The number of carbonyl (C=O) groups excluding carboxylic acids is 2. The van der Waals surface area contributed by atoms with Crippen molar-refractivity contribution in [3.05, 3.63) is 57.3 Å². The summed E-state index contributed by atoms with van der Waals surface area (Å²) in [6.07, 6.45) is 5.87. The monoisotopic (exact) mass is 674 g/mol. The highest BCUT2D eigenvalue weighted by Gasteiger charge is 2.70. The molecule has 0 saturated carbocycles. The maximum absolute atomic E-state index is 14.3. The number of methoxy groups -OCH3 is 1. The van der Waals surface area contributed by atoms with Gasteiger partial charge in [0, 0.05) is 24.1 Å². The Morgan fingerprint density at radius 3 is 2.45 bits per heavy atom. The number of anilines is 1. The van der Waals surface area contributed by atoms with Gasteiger partial charge in [0.05, 0.1) is 18.2 Å². The van der Waals surface area contributed by atoms with Crippen LogP contribution in [0.1, 0.15) is 72.4 Å². The van der Waals surface area contributed by atoms with Crippen molar-refractivity contribution in [2.75, 3.05) is 53.3 Å². The van der Waals surface area contributed by atoms with Crippen LogP contribution in [0.2, 0.25) is 0 Å². The highest BCUT2D eigenvalue weighted by Crippen LogP contribution is 2.68. The summed E-state index contributed by atoms with van der Waals surface area (Å²) in [5, 5.41) is 0. The second-order valence-corrected chi connectivity index (χ2v) is 15.1. The average molecular weight is 675 g/mol. The van der Waals surface area contributed by atoms with E-state index >= 15 is 0 Å².